The molecule has 0 saturated heterocycles. The van der Waals surface area contributed by atoms with Crippen LogP contribution in [0.4, 0.5) is 4.79 Å². The zero-order valence-corrected chi connectivity index (χ0v) is 30.8. The van der Waals surface area contributed by atoms with Crippen molar-refractivity contribution in [2.45, 2.75) is 118 Å². The summed E-state index contributed by atoms with van der Waals surface area (Å²) in [7, 11) is 0. The van der Waals surface area contributed by atoms with Gasteiger partial charge in [0.2, 0.25) is 0 Å². The number of benzene rings is 1. The molecule has 0 radical (unpaired) electrons. The molecule has 0 heterocycles. The maximum absolute atomic E-state index is 11.7. The first-order valence-corrected chi connectivity index (χ1v) is 17.3. The van der Waals surface area contributed by atoms with Crippen LogP contribution >= 0.6 is 0 Å². The van der Waals surface area contributed by atoms with E-state index in [-0.39, 0.29) is 30.1 Å². The van der Waals surface area contributed by atoms with E-state index in [1.165, 1.54) is 19.9 Å². The molecule has 1 rings (SSSR count). The number of hydrogen-bond acceptors (Lipinski definition) is 9. The maximum Gasteiger partial charge on any atom is 0.404 e. The molecule has 13 unspecified atom stereocenters. The number of aliphatic hydroxyl groups excluding tert-OH is 4. The van der Waals surface area contributed by atoms with Crippen molar-refractivity contribution in [3.8, 4) is 0 Å². The van der Waals surface area contributed by atoms with Crippen molar-refractivity contribution < 1.29 is 49.7 Å². The number of nitrogens with two attached hydrogens (primary N) is 1. The molecule has 1 aromatic rings. The molecule has 0 spiro atoms. The lowest BCUT2D eigenvalue weighted by Gasteiger charge is -2.36. The average molecular weight is 694 g/mol. The molecule has 0 aliphatic heterocycles. The van der Waals surface area contributed by atoms with Crippen LogP contribution in [0, 0.1) is 41.4 Å². The zero-order chi connectivity index (χ0) is 37.6. The van der Waals surface area contributed by atoms with Gasteiger partial charge in [0.25, 0.3) is 0 Å². The molecule has 1 aromatic carbocycles. The van der Waals surface area contributed by atoms with Gasteiger partial charge in [-0.15, -0.1) is 0 Å². The molecule has 13 atom stereocenters. The van der Waals surface area contributed by atoms with E-state index in [4.69, 9.17) is 15.2 Å². The van der Waals surface area contributed by atoms with Crippen molar-refractivity contribution in [1.29, 1.82) is 0 Å². The van der Waals surface area contributed by atoms with Crippen LogP contribution in [0.2, 0.25) is 0 Å². The number of aliphatic carboxylic acids is 1. The number of amides is 1. The second kappa shape index (κ2) is 20.8. The molecule has 0 aromatic heterocycles. The summed E-state index contributed by atoms with van der Waals surface area (Å²) in [5.41, 5.74) is 5.69. The minimum atomic E-state index is -1.68. The molecule has 280 valence electrons. The summed E-state index contributed by atoms with van der Waals surface area (Å²) in [6.07, 6.45) is 0.127. The lowest BCUT2D eigenvalue weighted by atomic mass is 9.76. The number of carbonyl (C=O) groups is 2. The van der Waals surface area contributed by atoms with Gasteiger partial charge in [-0.2, -0.15) is 0 Å². The van der Waals surface area contributed by atoms with Crippen LogP contribution in [0.5, 0.6) is 0 Å². The topological polar surface area (TPSA) is 200 Å². The van der Waals surface area contributed by atoms with E-state index < -0.39 is 65.9 Å². The van der Waals surface area contributed by atoms with E-state index in [2.05, 4.69) is 0 Å². The number of rotatable bonds is 22. The molecule has 11 nitrogen and oxygen atoms in total. The third kappa shape index (κ3) is 14.5. The fraction of sp³-hybridized carbons (Fsp3) is 0.684. The van der Waals surface area contributed by atoms with E-state index >= 15 is 0 Å². The SMILES string of the molecule is C/C(=C\C(C)C(O)C(C)/C=C/C(O)CC(O)C(C)C(C)(O)C(C)C(=O)O)CC(C)C(O)C(C)C(OC(N)=O)C(C)COCc1ccccc1. The first-order valence-electron chi connectivity index (χ1n) is 17.3. The Morgan fingerprint density at radius 1 is 0.898 bits per heavy atom. The standard InChI is InChI=1S/C38H63NO10/c1-22(17-24(3)33(42)23(2)15-16-31(40)19-32(41)28(7)38(9,47)29(8)36(44)45)18-25(4)34(43)27(6)35(49-37(39)46)26(5)20-48-21-30-13-11-10-12-14-30/h10-17,23-29,31-35,40-43,47H,18-21H2,1-9H3,(H2,39,46)(H,44,45)/b16-15+,22-17+. The summed E-state index contributed by atoms with van der Waals surface area (Å²) in [6.45, 7) is 16.3. The summed E-state index contributed by atoms with van der Waals surface area (Å²) in [4.78, 5) is 23.1. The highest BCUT2D eigenvalue weighted by Crippen LogP contribution is 2.31. The third-order valence-electron chi connectivity index (χ3n) is 10.1. The second-order valence-electron chi connectivity index (χ2n) is 14.5. The number of aliphatic hydroxyl groups is 5. The first kappa shape index (κ1) is 44.2. The zero-order valence-electron chi connectivity index (χ0n) is 30.8. The van der Waals surface area contributed by atoms with Crippen molar-refractivity contribution >= 4 is 12.1 Å². The number of allylic oxidation sites excluding steroid dienone is 1. The minimum Gasteiger partial charge on any atom is -0.481 e. The highest BCUT2D eigenvalue weighted by molar-refractivity contribution is 5.71. The van der Waals surface area contributed by atoms with Crippen molar-refractivity contribution in [3.63, 3.8) is 0 Å². The number of carbonyl (C=O) groups excluding carboxylic acids is 1. The number of carboxylic acid groups (broad SMARTS) is 1. The van der Waals surface area contributed by atoms with Gasteiger partial charge in [0, 0.05) is 36.0 Å². The van der Waals surface area contributed by atoms with Gasteiger partial charge in [0.05, 0.1) is 49.1 Å². The molecule has 0 aliphatic rings. The van der Waals surface area contributed by atoms with Crippen LogP contribution in [0.1, 0.15) is 80.7 Å². The van der Waals surface area contributed by atoms with Crippen molar-refractivity contribution in [2.24, 2.45) is 47.2 Å². The Morgan fingerprint density at radius 2 is 1.49 bits per heavy atom. The van der Waals surface area contributed by atoms with Crippen LogP contribution in [0.15, 0.2) is 54.1 Å². The molecular formula is C38H63NO10. The number of ether oxygens (including phenoxy) is 2. The Kier molecular flexibility index (Phi) is 18.7. The van der Waals surface area contributed by atoms with E-state index in [1.54, 1.807) is 13.0 Å². The normalized spacial score (nSPS) is 21.2. The monoisotopic (exact) mass is 693 g/mol. The van der Waals surface area contributed by atoms with Crippen LogP contribution in [0.25, 0.3) is 0 Å². The Labute approximate surface area is 292 Å². The Hall–Kier alpha value is -2.80. The number of hydrogen-bond donors (Lipinski definition) is 7. The van der Waals surface area contributed by atoms with Crippen molar-refractivity contribution in [2.75, 3.05) is 6.61 Å². The summed E-state index contributed by atoms with van der Waals surface area (Å²) < 4.78 is 11.3. The fourth-order valence-corrected chi connectivity index (χ4v) is 6.32. The van der Waals surface area contributed by atoms with Gasteiger partial charge in [0.15, 0.2) is 0 Å². The quantitative estimate of drug-likeness (QED) is 0.0837. The van der Waals surface area contributed by atoms with Crippen LogP contribution < -0.4 is 5.73 Å². The Bertz CT molecular complexity index is 1190. The molecule has 0 bridgehead atoms. The Balaban J connectivity index is 2.77. The van der Waals surface area contributed by atoms with Gasteiger partial charge in [-0.25, -0.2) is 4.79 Å². The Morgan fingerprint density at radius 3 is 2.04 bits per heavy atom. The highest BCUT2D eigenvalue weighted by Gasteiger charge is 2.42. The molecule has 0 saturated carbocycles. The van der Waals surface area contributed by atoms with Gasteiger partial charge >= 0.3 is 12.1 Å². The summed E-state index contributed by atoms with van der Waals surface area (Å²) in [5, 5.41) is 63.3. The number of carboxylic acids is 1. The number of primary amides is 1. The second-order valence-corrected chi connectivity index (χ2v) is 14.5. The largest absolute Gasteiger partial charge is 0.481 e. The van der Waals surface area contributed by atoms with E-state index in [1.807, 2.05) is 78.0 Å². The smallest absolute Gasteiger partial charge is 0.404 e. The van der Waals surface area contributed by atoms with Gasteiger partial charge in [-0.1, -0.05) is 95.7 Å². The molecule has 0 aliphatic carbocycles. The van der Waals surface area contributed by atoms with Crippen molar-refractivity contribution in [3.05, 3.63) is 59.7 Å². The van der Waals surface area contributed by atoms with Gasteiger partial charge in [-0.05, 0) is 38.7 Å². The molecule has 0 fully saturated rings. The third-order valence-corrected chi connectivity index (χ3v) is 10.1. The molecule has 8 N–H and O–H groups in total. The molecular weight excluding hydrogens is 630 g/mol. The van der Waals surface area contributed by atoms with E-state index in [0.29, 0.717) is 19.6 Å². The van der Waals surface area contributed by atoms with E-state index in [0.717, 1.165) is 11.1 Å². The minimum absolute atomic E-state index is 0.110. The van der Waals surface area contributed by atoms with Gasteiger partial charge < -0.3 is 45.8 Å². The average Bonchev–Trinajstić information content (AvgIpc) is 3.04. The van der Waals surface area contributed by atoms with Gasteiger partial charge in [0.1, 0.15) is 6.10 Å². The van der Waals surface area contributed by atoms with E-state index in [9.17, 15) is 40.2 Å². The first-order chi connectivity index (χ1) is 22.7. The summed E-state index contributed by atoms with van der Waals surface area (Å²) in [6, 6.07) is 9.72. The predicted octanol–water partition coefficient (Wildman–Crippen LogP) is 4.68. The molecule has 49 heavy (non-hydrogen) atoms. The van der Waals surface area contributed by atoms with Crippen LogP contribution in [-0.2, 0) is 20.9 Å². The van der Waals surface area contributed by atoms with Crippen molar-refractivity contribution in [1.82, 2.24) is 0 Å². The lowest BCUT2D eigenvalue weighted by molar-refractivity contribution is -0.157. The molecule has 1 amide bonds. The van der Waals surface area contributed by atoms with Gasteiger partial charge in [-0.3, -0.25) is 4.79 Å². The molecule has 11 heteroatoms. The summed E-state index contributed by atoms with van der Waals surface area (Å²) in [5.74, 6) is -4.57. The fourth-order valence-electron chi connectivity index (χ4n) is 6.32. The lowest BCUT2D eigenvalue weighted by Crippen LogP contribution is -2.48. The maximum atomic E-state index is 11.7. The van der Waals surface area contributed by atoms with Crippen LogP contribution in [-0.4, -0.2) is 85.4 Å². The predicted molar refractivity (Wildman–Crippen MR) is 189 cm³/mol. The summed E-state index contributed by atoms with van der Waals surface area (Å²) >= 11 is 0. The highest BCUT2D eigenvalue weighted by atomic mass is 16.6. The van der Waals surface area contributed by atoms with Crippen LogP contribution in [0.3, 0.4) is 0 Å².